The van der Waals surface area contributed by atoms with Crippen molar-refractivity contribution in [2.24, 2.45) is 5.73 Å². The zero-order chi connectivity index (χ0) is 13.2. The molecule has 0 aliphatic heterocycles. The summed E-state index contributed by atoms with van der Waals surface area (Å²) in [5.74, 6) is 0.102. The van der Waals surface area contributed by atoms with Crippen molar-refractivity contribution in [1.82, 2.24) is 5.32 Å². The van der Waals surface area contributed by atoms with E-state index >= 15 is 0 Å². The van der Waals surface area contributed by atoms with Gasteiger partial charge in [-0.25, -0.2) is 0 Å². The topological polar surface area (TPSA) is 55.1 Å². The molecule has 100 valence electrons. The van der Waals surface area contributed by atoms with Gasteiger partial charge in [-0.05, 0) is 12.0 Å². The molecule has 3 heteroatoms. The van der Waals surface area contributed by atoms with Crippen LogP contribution in [0, 0.1) is 0 Å². The molecule has 0 fully saturated rings. The van der Waals surface area contributed by atoms with Crippen LogP contribution < -0.4 is 11.1 Å². The third-order valence-electron chi connectivity index (χ3n) is 3.03. The number of unbranched alkanes of at least 4 members (excludes halogenated alkanes) is 3. The van der Waals surface area contributed by atoms with Gasteiger partial charge >= 0.3 is 0 Å². The molecule has 1 rings (SSSR count). The van der Waals surface area contributed by atoms with E-state index in [9.17, 15) is 4.79 Å². The van der Waals surface area contributed by atoms with Crippen LogP contribution in [0.25, 0.3) is 0 Å². The van der Waals surface area contributed by atoms with Crippen LogP contribution in [0.2, 0.25) is 0 Å². The van der Waals surface area contributed by atoms with Gasteiger partial charge in [0.25, 0.3) is 0 Å². The van der Waals surface area contributed by atoms with Crippen LogP contribution >= 0.6 is 0 Å². The molecule has 0 aliphatic carbocycles. The van der Waals surface area contributed by atoms with Gasteiger partial charge in [-0.1, -0.05) is 56.5 Å². The Morgan fingerprint density at radius 1 is 1.22 bits per heavy atom. The standard InChI is InChI=1S/C15H24N2O/c1-2-3-4-8-11-15(18)17-14(12-16)13-9-6-5-7-10-13/h5-7,9-10,14H,2-4,8,11-12,16H2,1H3,(H,17,18). The summed E-state index contributed by atoms with van der Waals surface area (Å²) >= 11 is 0. The number of hydrogen-bond acceptors (Lipinski definition) is 2. The van der Waals surface area contributed by atoms with E-state index in [1.54, 1.807) is 0 Å². The average molecular weight is 248 g/mol. The highest BCUT2D eigenvalue weighted by Crippen LogP contribution is 2.11. The van der Waals surface area contributed by atoms with Crippen LogP contribution in [0.15, 0.2) is 30.3 Å². The van der Waals surface area contributed by atoms with Gasteiger partial charge in [-0.2, -0.15) is 0 Å². The zero-order valence-corrected chi connectivity index (χ0v) is 11.2. The van der Waals surface area contributed by atoms with Crippen LogP contribution in [0.1, 0.15) is 50.6 Å². The third kappa shape index (κ3) is 5.32. The van der Waals surface area contributed by atoms with E-state index in [4.69, 9.17) is 5.73 Å². The minimum Gasteiger partial charge on any atom is -0.348 e. The Kier molecular flexibility index (Phi) is 7.11. The highest BCUT2D eigenvalue weighted by Gasteiger charge is 2.11. The maximum atomic E-state index is 11.8. The Labute approximate surface area is 110 Å². The first-order valence-corrected chi connectivity index (χ1v) is 6.82. The van der Waals surface area contributed by atoms with E-state index in [2.05, 4.69) is 12.2 Å². The van der Waals surface area contributed by atoms with E-state index in [1.807, 2.05) is 30.3 Å². The first-order chi connectivity index (χ1) is 8.77. The SMILES string of the molecule is CCCCCCC(=O)NC(CN)c1ccccc1. The Hall–Kier alpha value is -1.35. The fraction of sp³-hybridized carbons (Fsp3) is 0.533. The quantitative estimate of drug-likeness (QED) is 0.695. The lowest BCUT2D eigenvalue weighted by molar-refractivity contribution is -0.121. The van der Waals surface area contributed by atoms with Gasteiger partial charge in [0.05, 0.1) is 6.04 Å². The molecule has 1 aromatic rings. The average Bonchev–Trinajstić information content (AvgIpc) is 2.42. The summed E-state index contributed by atoms with van der Waals surface area (Å²) in [5, 5.41) is 3.00. The van der Waals surface area contributed by atoms with Crippen molar-refractivity contribution >= 4 is 5.91 Å². The fourth-order valence-electron chi connectivity index (χ4n) is 1.94. The molecule has 0 saturated heterocycles. The Bertz CT molecular complexity index is 338. The molecular formula is C15H24N2O. The molecule has 0 bridgehead atoms. The monoisotopic (exact) mass is 248 g/mol. The summed E-state index contributed by atoms with van der Waals surface area (Å²) in [4.78, 5) is 11.8. The largest absolute Gasteiger partial charge is 0.348 e. The number of amides is 1. The van der Waals surface area contributed by atoms with Crippen molar-refractivity contribution in [3.63, 3.8) is 0 Å². The molecule has 0 radical (unpaired) electrons. The minimum atomic E-state index is -0.0649. The number of nitrogens with one attached hydrogen (secondary N) is 1. The second kappa shape index (κ2) is 8.70. The van der Waals surface area contributed by atoms with Gasteiger partial charge in [0.1, 0.15) is 0 Å². The lowest BCUT2D eigenvalue weighted by Gasteiger charge is -2.17. The van der Waals surface area contributed by atoms with Crippen LogP contribution in [0.5, 0.6) is 0 Å². The van der Waals surface area contributed by atoms with Gasteiger partial charge in [0.2, 0.25) is 5.91 Å². The highest BCUT2D eigenvalue weighted by molar-refractivity contribution is 5.76. The van der Waals surface area contributed by atoms with Gasteiger partial charge in [-0.15, -0.1) is 0 Å². The molecule has 1 unspecified atom stereocenters. The van der Waals surface area contributed by atoms with E-state index in [0.29, 0.717) is 13.0 Å². The first-order valence-electron chi connectivity index (χ1n) is 6.82. The van der Waals surface area contributed by atoms with Crippen molar-refractivity contribution in [3.05, 3.63) is 35.9 Å². The molecule has 1 atom stereocenters. The van der Waals surface area contributed by atoms with Crippen molar-refractivity contribution < 1.29 is 4.79 Å². The van der Waals surface area contributed by atoms with E-state index in [-0.39, 0.29) is 11.9 Å². The van der Waals surface area contributed by atoms with Gasteiger partial charge in [0.15, 0.2) is 0 Å². The molecular weight excluding hydrogens is 224 g/mol. The molecule has 0 saturated carbocycles. The number of carbonyl (C=O) groups is 1. The van der Waals surface area contributed by atoms with Crippen molar-refractivity contribution in [2.45, 2.75) is 45.1 Å². The molecule has 0 aromatic heterocycles. The lowest BCUT2D eigenvalue weighted by Crippen LogP contribution is -2.33. The molecule has 0 heterocycles. The summed E-state index contributed by atoms with van der Waals surface area (Å²) in [6, 6.07) is 9.81. The Balaban J connectivity index is 2.37. The van der Waals surface area contributed by atoms with E-state index in [1.165, 1.54) is 12.8 Å². The summed E-state index contributed by atoms with van der Waals surface area (Å²) in [7, 11) is 0. The number of rotatable bonds is 8. The second-order valence-corrected chi connectivity index (χ2v) is 4.58. The molecule has 3 nitrogen and oxygen atoms in total. The highest BCUT2D eigenvalue weighted by atomic mass is 16.1. The molecule has 3 N–H and O–H groups in total. The van der Waals surface area contributed by atoms with Crippen molar-refractivity contribution in [2.75, 3.05) is 6.54 Å². The van der Waals surface area contributed by atoms with Crippen LogP contribution in [0.4, 0.5) is 0 Å². The Morgan fingerprint density at radius 2 is 1.94 bits per heavy atom. The summed E-state index contributed by atoms with van der Waals surface area (Å²) < 4.78 is 0. The maximum Gasteiger partial charge on any atom is 0.220 e. The van der Waals surface area contributed by atoms with Crippen LogP contribution in [-0.2, 0) is 4.79 Å². The summed E-state index contributed by atoms with van der Waals surface area (Å²) in [5.41, 5.74) is 6.79. The fourth-order valence-corrected chi connectivity index (χ4v) is 1.94. The van der Waals surface area contributed by atoms with Gasteiger partial charge in [-0.3, -0.25) is 4.79 Å². The zero-order valence-electron chi connectivity index (χ0n) is 11.2. The predicted molar refractivity (Wildman–Crippen MR) is 75.1 cm³/mol. The van der Waals surface area contributed by atoms with Crippen molar-refractivity contribution in [1.29, 1.82) is 0 Å². The minimum absolute atomic E-state index is 0.0649. The molecule has 1 aromatic carbocycles. The first kappa shape index (κ1) is 14.7. The lowest BCUT2D eigenvalue weighted by atomic mass is 10.1. The number of hydrogen-bond donors (Lipinski definition) is 2. The smallest absolute Gasteiger partial charge is 0.220 e. The molecule has 0 aliphatic rings. The summed E-state index contributed by atoms with van der Waals surface area (Å²) in [6.45, 7) is 2.60. The normalized spacial score (nSPS) is 12.1. The third-order valence-corrected chi connectivity index (χ3v) is 3.03. The van der Waals surface area contributed by atoms with Crippen LogP contribution in [0.3, 0.4) is 0 Å². The van der Waals surface area contributed by atoms with Crippen LogP contribution in [-0.4, -0.2) is 12.5 Å². The molecule has 0 spiro atoms. The maximum absolute atomic E-state index is 11.8. The molecule has 1 amide bonds. The number of nitrogens with two attached hydrogens (primary N) is 1. The Morgan fingerprint density at radius 3 is 2.56 bits per heavy atom. The van der Waals surface area contributed by atoms with Gasteiger partial charge in [0, 0.05) is 13.0 Å². The summed E-state index contributed by atoms with van der Waals surface area (Å²) in [6.07, 6.45) is 5.08. The van der Waals surface area contributed by atoms with Gasteiger partial charge < -0.3 is 11.1 Å². The molecule has 18 heavy (non-hydrogen) atoms. The number of carbonyl (C=O) groups excluding carboxylic acids is 1. The van der Waals surface area contributed by atoms with E-state index < -0.39 is 0 Å². The second-order valence-electron chi connectivity index (χ2n) is 4.58. The van der Waals surface area contributed by atoms with Crippen molar-refractivity contribution in [3.8, 4) is 0 Å². The number of benzene rings is 1. The van der Waals surface area contributed by atoms with E-state index in [0.717, 1.165) is 18.4 Å². The predicted octanol–water partition coefficient (Wildman–Crippen LogP) is 2.77.